The fourth-order valence-electron chi connectivity index (χ4n) is 2.97. The molecule has 1 aliphatic heterocycles. The summed E-state index contributed by atoms with van der Waals surface area (Å²) in [6.07, 6.45) is 0.687. The van der Waals surface area contributed by atoms with Crippen LogP contribution in [0.2, 0.25) is 0 Å². The van der Waals surface area contributed by atoms with E-state index in [0.717, 1.165) is 5.70 Å². The van der Waals surface area contributed by atoms with Crippen LogP contribution in [0.5, 0.6) is 0 Å². The van der Waals surface area contributed by atoms with Gasteiger partial charge < -0.3 is 10.1 Å². The van der Waals surface area contributed by atoms with Gasteiger partial charge in [0, 0.05) is 11.4 Å². The number of nitrogens with one attached hydrogen (secondary N) is 1. The highest BCUT2D eigenvalue weighted by Crippen LogP contribution is 2.39. The van der Waals surface area contributed by atoms with Crippen LogP contribution in [0.15, 0.2) is 46.8 Å². The zero-order chi connectivity index (χ0) is 17.9. The molecule has 0 amide bonds. The van der Waals surface area contributed by atoms with E-state index in [4.69, 9.17) is 4.74 Å². The van der Waals surface area contributed by atoms with E-state index in [2.05, 4.69) is 25.2 Å². The number of methoxy groups -OCH3 is 1. The first-order valence-corrected chi connectivity index (χ1v) is 7.83. The van der Waals surface area contributed by atoms with Gasteiger partial charge in [0.15, 0.2) is 0 Å². The van der Waals surface area contributed by atoms with E-state index in [1.165, 1.54) is 19.2 Å². The molecule has 0 saturated heterocycles. The van der Waals surface area contributed by atoms with E-state index in [0.29, 0.717) is 34.7 Å². The largest absolute Gasteiger partial charge is 0.466 e. The van der Waals surface area contributed by atoms with Crippen molar-refractivity contribution >= 4 is 5.97 Å². The molecule has 0 bridgehead atoms. The number of nitriles is 1. The molecular weight excluding hydrogens is 307 g/mol. The first-order valence-electron chi connectivity index (χ1n) is 7.83. The molecule has 1 unspecified atom stereocenters. The highest BCUT2D eigenvalue weighted by atomic mass is 19.1. The average molecular weight is 328 g/mol. The van der Waals surface area contributed by atoms with Crippen molar-refractivity contribution in [3.8, 4) is 6.07 Å². The van der Waals surface area contributed by atoms with E-state index < -0.39 is 11.9 Å². The van der Waals surface area contributed by atoms with Gasteiger partial charge >= 0.3 is 5.97 Å². The summed E-state index contributed by atoms with van der Waals surface area (Å²) in [6.45, 7) is 5.91. The fraction of sp³-hybridized carbons (Fsp3) is 0.368. The van der Waals surface area contributed by atoms with Gasteiger partial charge in [-0.25, -0.2) is 9.18 Å². The Morgan fingerprint density at radius 2 is 2.00 bits per heavy atom. The molecule has 0 radical (unpaired) electrons. The van der Waals surface area contributed by atoms with Crippen LogP contribution >= 0.6 is 0 Å². The summed E-state index contributed by atoms with van der Waals surface area (Å²) in [5.41, 5.74) is 3.00. The molecular formula is C19H21FN2O2. The molecule has 1 atom stereocenters. The Morgan fingerprint density at radius 3 is 2.50 bits per heavy atom. The predicted molar refractivity (Wildman–Crippen MR) is 89.1 cm³/mol. The van der Waals surface area contributed by atoms with Gasteiger partial charge in [-0.15, -0.1) is 0 Å². The van der Waals surface area contributed by atoms with Gasteiger partial charge in [0.2, 0.25) is 0 Å². The number of esters is 1. The number of hydrogen-bond donors (Lipinski definition) is 1. The van der Waals surface area contributed by atoms with E-state index in [-0.39, 0.29) is 5.82 Å². The third-order valence-corrected chi connectivity index (χ3v) is 3.99. The van der Waals surface area contributed by atoms with Gasteiger partial charge in [-0.2, -0.15) is 5.26 Å². The molecule has 0 aliphatic carbocycles. The van der Waals surface area contributed by atoms with E-state index >= 15 is 0 Å². The lowest BCUT2D eigenvalue weighted by Crippen LogP contribution is -2.29. The Hall–Kier alpha value is -2.61. The van der Waals surface area contributed by atoms with Crippen molar-refractivity contribution in [1.29, 1.82) is 5.26 Å². The van der Waals surface area contributed by atoms with Crippen molar-refractivity contribution in [2.24, 2.45) is 5.92 Å². The number of rotatable bonds is 4. The van der Waals surface area contributed by atoms with Crippen molar-refractivity contribution < 1.29 is 13.9 Å². The van der Waals surface area contributed by atoms with Crippen LogP contribution in [0.3, 0.4) is 0 Å². The van der Waals surface area contributed by atoms with Crippen molar-refractivity contribution in [2.75, 3.05) is 7.11 Å². The third-order valence-electron chi connectivity index (χ3n) is 3.99. The second-order valence-electron chi connectivity index (χ2n) is 6.24. The second-order valence-corrected chi connectivity index (χ2v) is 6.24. The zero-order valence-electron chi connectivity index (χ0n) is 14.3. The molecule has 1 aliphatic rings. The monoisotopic (exact) mass is 328 g/mol. The maximum Gasteiger partial charge on any atom is 0.336 e. The van der Waals surface area contributed by atoms with Crippen LogP contribution in [0, 0.1) is 23.1 Å². The molecule has 0 fully saturated rings. The number of carbonyl (C=O) groups is 1. The quantitative estimate of drug-likeness (QED) is 0.854. The molecule has 0 saturated carbocycles. The van der Waals surface area contributed by atoms with Crippen LogP contribution in [0.4, 0.5) is 4.39 Å². The number of carbonyl (C=O) groups excluding carboxylic acids is 1. The third kappa shape index (κ3) is 3.48. The molecule has 4 nitrogen and oxygen atoms in total. The summed E-state index contributed by atoms with van der Waals surface area (Å²) in [7, 11) is 1.31. The second kappa shape index (κ2) is 7.31. The summed E-state index contributed by atoms with van der Waals surface area (Å²) in [6, 6.07) is 8.10. The summed E-state index contributed by atoms with van der Waals surface area (Å²) in [5.74, 6) is -1.07. The Kier molecular flexibility index (Phi) is 5.40. The maximum atomic E-state index is 13.3. The molecule has 1 aromatic rings. The Labute approximate surface area is 141 Å². The van der Waals surface area contributed by atoms with Gasteiger partial charge in [-0.3, -0.25) is 0 Å². The van der Waals surface area contributed by atoms with Gasteiger partial charge in [0.1, 0.15) is 5.82 Å². The number of benzene rings is 1. The highest BCUT2D eigenvalue weighted by molar-refractivity contribution is 5.93. The fourth-order valence-corrected chi connectivity index (χ4v) is 2.97. The van der Waals surface area contributed by atoms with Crippen LogP contribution in [0.1, 0.15) is 38.7 Å². The van der Waals surface area contributed by atoms with Crippen molar-refractivity contribution in [3.05, 3.63) is 58.2 Å². The minimum atomic E-state index is -0.557. The lowest BCUT2D eigenvalue weighted by molar-refractivity contribution is -0.136. The van der Waals surface area contributed by atoms with E-state index in [1.807, 2.05) is 0 Å². The molecule has 126 valence electrons. The number of nitrogens with zero attached hydrogens (tertiary/aromatic N) is 1. The minimum Gasteiger partial charge on any atom is -0.466 e. The smallest absolute Gasteiger partial charge is 0.336 e. The summed E-state index contributed by atoms with van der Waals surface area (Å²) >= 11 is 0. The Morgan fingerprint density at radius 1 is 1.38 bits per heavy atom. The SMILES string of the molecule is COC(=O)C1=C(C)NC(CC(C)C)=C(C#N)C1c1ccc(F)cc1. The standard InChI is InChI=1S/C19H21FN2O2/c1-11(2)9-16-15(10-21)18(13-5-7-14(20)8-6-13)17(12(3)22-16)19(23)24-4/h5-8,11,18,22H,9H2,1-4H3. The number of dihydropyridines is 1. The van der Waals surface area contributed by atoms with Crippen LogP contribution in [-0.4, -0.2) is 13.1 Å². The molecule has 0 spiro atoms. The maximum absolute atomic E-state index is 13.3. The van der Waals surface area contributed by atoms with E-state index in [9.17, 15) is 14.4 Å². The highest BCUT2D eigenvalue weighted by Gasteiger charge is 2.34. The van der Waals surface area contributed by atoms with Crippen LogP contribution < -0.4 is 5.32 Å². The minimum absolute atomic E-state index is 0.345. The van der Waals surface area contributed by atoms with E-state index in [1.54, 1.807) is 19.1 Å². The van der Waals surface area contributed by atoms with Gasteiger partial charge in [-0.05, 0) is 37.0 Å². The molecule has 0 aromatic heterocycles. The summed E-state index contributed by atoms with van der Waals surface area (Å²) < 4.78 is 18.2. The lowest BCUT2D eigenvalue weighted by Gasteiger charge is -2.30. The number of hydrogen-bond acceptors (Lipinski definition) is 4. The average Bonchev–Trinajstić information content (AvgIpc) is 2.54. The first-order chi connectivity index (χ1) is 11.4. The molecule has 1 heterocycles. The molecule has 24 heavy (non-hydrogen) atoms. The van der Waals surface area contributed by atoms with Gasteiger partial charge in [0.05, 0.1) is 30.2 Å². The molecule has 5 heteroatoms. The molecule has 1 N–H and O–H groups in total. The summed E-state index contributed by atoms with van der Waals surface area (Å²) in [4.78, 5) is 12.3. The number of halogens is 1. The van der Waals surface area contributed by atoms with Crippen molar-refractivity contribution in [1.82, 2.24) is 5.32 Å². The Balaban J connectivity index is 2.64. The zero-order valence-corrected chi connectivity index (χ0v) is 14.3. The lowest BCUT2D eigenvalue weighted by atomic mass is 9.80. The van der Waals surface area contributed by atoms with Crippen LogP contribution in [-0.2, 0) is 9.53 Å². The topological polar surface area (TPSA) is 62.1 Å². The Bertz CT molecular complexity index is 740. The van der Waals surface area contributed by atoms with Crippen LogP contribution in [0.25, 0.3) is 0 Å². The molecule has 1 aromatic carbocycles. The van der Waals surface area contributed by atoms with Gasteiger partial charge in [-0.1, -0.05) is 26.0 Å². The van der Waals surface area contributed by atoms with Crippen molar-refractivity contribution in [2.45, 2.75) is 33.1 Å². The predicted octanol–water partition coefficient (Wildman–Crippen LogP) is 3.78. The van der Waals surface area contributed by atoms with Crippen molar-refractivity contribution in [3.63, 3.8) is 0 Å². The van der Waals surface area contributed by atoms with Gasteiger partial charge in [0.25, 0.3) is 0 Å². The first kappa shape index (κ1) is 17.7. The summed E-state index contributed by atoms with van der Waals surface area (Å²) in [5, 5.41) is 12.9. The number of ether oxygens (including phenoxy) is 1. The number of allylic oxidation sites excluding steroid dienone is 3. The normalized spacial score (nSPS) is 17.6. The molecule has 2 rings (SSSR count).